The number of nitrogens with one attached hydrogen (secondary N) is 1. The lowest BCUT2D eigenvalue weighted by Gasteiger charge is -2.36. The molecule has 2 saturated heterocycles. The van der Waals surface area contributed by atoms with E-state index in [-0.39, 0.29) is 24.0 Å². The highest BCUT2D eigenvalue weighted by Crippen LogP contribution is 2.10. The molecule has 0 radical (unpaired) electrons. The molecule has 0 atom stereocenters. The normalized spacial score (nSPS) is 19.2. The van der Waals surface area contributed by atoms with E-state index < -0.39 is 0 Å². The van der Waals surface area contributed by atoms with Crippen LogP contribution in [-0.2, 0) is 6.54 Å². The van der Waals surface area contributed by atoms with Gasteiger partial charge in [0.2, 0.25) is 0 Å². The van der Waals surface area contributed by atoms with E-state index in [1.807, 2.05) is 6.07 Å². The van der Waals surface area contributed by atoms with Gasteiger partial charge in [-0.1, -0.05) is 18.0 Å². The summed E-state index contributed by atoms with van der Waals surface area (Å²) >= 11 is 0. The molecule has 29 heavy (non-hydrogen) atoms. The van der Waals surface area contributed by atoms with Crippen LogP contribution in [0.2, 0.25) is 0 Å². The van der Waals surface area contributed by atoms with Crippen molar-refractivity contribution in [3.63, 3.8) is 0 Å². The summed E-state index contributed by atoms with van der Waals surface area (Å²) in [5.41, 5.74) is 1.01. The molecule has 2 aliphatic heterocycles. The zero-order valence-electron chi connectivity index (χ0n) is 18.0. The predicted octanol–water partition coefficient (Wildman–Crippen LogP) is 3.03. The van der Waals surface area contributed by atoms with Crippen molar-refractivity contribution in [1.82, 2.24) is 25.2 Å². The molecule has 0 aromatic carbocycles. The summed E-state index contributed by atoms with van der Waals surface area (Å²) in [5.74, 6) is 1.08. The smallest absolute Gasteiger partial charge is 0.194 e. The fourth-order valence-corrected chi connectivity index (χ4v) is 4.08. The van der Waals surface area contributed by atoms with Crippen LogP contribution in [0.4, 0.5) is 0 Å². The minimum absolute atomic E-state index is 0. The lowest BCUT2D eigenvalue weighted by molar-refractivity contribution is 0.169. The predicted molar refractivity (Wildman–Crippen MR) is 129 cm³/mol. The van der Waals surface area contributed by atoms with Gasteiger partial charge in [-0.25, -0.2) is 0 Å². The summed E-state index contributed by atoms with van der Waals surface area (Å²) in [6.45, 7) is 12.9. The Bertz CT molecular complexity index is 554. The number of guanidine groups is 1. The van der Waals surface area contributed by atoms with Gasteiger partial charge in [0.1, 0.15) is 6.26 Å². The lowest BCUT2D eigenvalue weighted by Crippen LogP contribution is -2.52. The Morgan fingerprint density at radius 3 is 2.52 bits per heavy atom. The van der Waals surface area contributed by atoms with E-state index in [0.717, 1.165) is 57.5 Å². The highest BCUT2D eigenvalue weighted by molar-refractivity contribution is 14.0. The molecule has 2 aliphatic rings. The topological polar surface area (TPSA) is 60.1 Å². The first-order valence-electron chi connectivity index (χ1n) is 11.2. The Kier molecular flexibility index (Phi) is 11.9. The van der Waals surface area contributed by atoms with Crippen LogP contribution >= 0.6 is 24.0 Å². The fourth-order valence-electron chi connectivity index (χ4n) is 4.08. The Morgan fingerprint density at radius 2 is 1.83 bits per heavy atom. The number of halogens is 1. The average molecular weight is 518 g/mol. The van der Waals surface area contributed by atoms with Crippen LogP contribution in [0.25, 0.3) is 0 Å². The molecule has 1 aromatic rings. The Morgan fingerprint density at radius 1 is 1.03 bits per heavy atom. The number of piperidine rings is 1. The molecular formula is C21H39IN6O. The van der Waals surface area contributed by atoms with Crippen molar-refractivity contribution in [2.45, 2.75) is 52.0 Å². The Labute approximate surface area is 193 Å². The zero-order valence-corrected chi connectivity index (χ0v) is 20.4. The molecule has 0 saturated carbocycles. The third kappa shape index (κ3) is 8.80. The van der Waals surface area contributed by atoms with Crippen LogP contribution in [0.3, 0.4) is 0 Å². The molecule has 8 heteroatoms. The van der Waals surface area contributed by atoms with Gasteiger partial charge in [-0.3, -0.25) is 9.89 Å². The maximum absolute atomic E-state index is 4.94. The van der Waals surface area contributed by atoms with E-state index in [1.165, 1.54) is 58.2 Å². The number of aromatic nitrogens is 1. The zero-order chi connectivity index (χ0) is 19.4. The third-order valence-corrected chi connectivity index (χ3v) is 5.73. The van der Waals surface area contributed by atoms with Gasteiger partial charge < -0.3 is 19.6 Å². The minimum atomic E-state index is 0. The molecule has 0 spiro atoms. The van der Waals surface area contributed by atoms with E-state index in [1.54, 1.807) is 6.26 Å². The highest BCUT2D eigenvalue weighted by Gasteiger charge is 2.20. The molecule has 2 fully saturated rings. The molecule has 0 bridgehead atoms. The first-order valence-corrected chi connectivity index (χ1v) is 11.2. The van der Waals surface area contributed by atoms with Crippen molar-refractivity contribution in [3.05, 3.63) is 18.0 Å². The summed E-state index contributed by atoms with van der Waals surface area (Å²) in [5, 5.41) is 7.50. The second-order valence-electron chi connectivity index (χ2n) is 7.95. The Balaban J connectivity index is 0.00000300. The lowest BCUT2D eigenvalue weighted by atomic mass is 10.1. The van der Waals surface area contributed by atoms with Gasteiger partial charge in [-0.05, 0) is 52.2 Å². The standard InChI is InChI=1S/C21H38N6O.HI/c1-2-22-21(23-10-5-3-6-11-25-12-7-4-8-13-25)27-16-14-26(15-17-27)19-20-9-18-28-24-20;/h9,18H,2-8,10-17,19H2,1H3,(H,22,23);1H. The summed E-state index contributed by atoms with van der Waals surface area (Å²) in [6, 6.07) is 1.95. The van der Waals surface area contributed by atoms with Crippen molar-refractivity contribution in [3.8, 4) is 0 Å². The number of unbranched alkanes of at least 4 members (excludes halogenated alkanes) is 2. The van der Waals surface area contributed by atoms with Crippen LogP contribution in [0, 0.1) is 0 Å². The molecule has 3 rings (SSSR count). The summed E-state index contributed by atoms with van der Waals surface area (Å²) in [6.07, 6.45) is 9.64. The van der Waals surface area contributed by atoms with Crippen LogP contribution in [0.15, 0.2) is 21.8 Å². The molecule has 3 heterocycles. The van der Waals surface area contributed by atoms with Gasteiger partial charge in [0, 0.05) is 51.9 Å². The van der Waals surface area contributed by atoms with Crippen LogP contribution in [-0.4, -0.2) is 84.7 Å². The SMILES string of the molecule is CCNC(=NCCCCCN1CCCCC1)N1CCN(Cc2ccon2)CC1.I. The van der Waals surface area contributed by atoms with Crippen LogP contribution < -0.4 is 5.32 Å². The second-order valence-corrected chi connectivity index (χ2v) is 7.95. The van der Waals surface area contributed by atoms with Crippen molar-refractivity contribution in [2.24, 2.45) is 4.99 Å². The molecule has 7 nitrogen and oxygen atoms in total. The Hall–Kier alpha value is -0.870. The number of hydrogen-bond acceptors (Lipinski definition) is 5. The van der Waals surface area contributed by atoms with Gasteiger partial charge in [0.15, 0.2) is 5.96 Å². The van der Waals surface area contributed by atoms with Crippen LogP contribution in [0.1, 0.15) is 51.1 Å². The van der Waals surface area contributed by atoms with Crippen LogP contribution in [0.5, 0.6) is 0 Å². The first kappa shape index (κ1) is 24.4. The number of nitrogens with zero attached hydrogens (tertiary/aromatic N) is 5. The van der Waals surface area contributed by atoms with E-state index >= 15 is 0 Å². The van der Waals surface area contributed by atoms with E-state index in [2.05, 4.69) is 32.1 Å². The van der Waals surface area contributed by atoms with Crippen molar-refractivity contribution in [2.75, 3.05) is 58.9 Å². The second kappa shape index (κ2) is 14.2. The third-order valence-electron chi connectivity index (χ3n) is 5.73. The number of piperazine rings is 1. The average Bonchev–Trinajstić information content (AvgIpc) is 3.24. The summed E-state index contributed by atoms with van der Waals surface area (Å²) in [4.78, 5) is 12.4. The largest absolute Gasteiger partial charge is 0.364 e. The van der Waals surface area contributed by atoms with Crippen molar-refractivity contribution >= 4 is 29.9 Å². The maximum Gasteiger partial charge on any atom is 0.194 e. The van der Waals surface area contributed by atoms with Crippen molar-refractivity contribution in [1.29, 1.82) is 0 Å². The maximum atomic E-state index is 4.94. The first-order chi connectivity index (χ1) is 13.8. The molecule has 1 aromatic heterocycles. The fraction of sp³-hybridized carbons (Fsp3) is 0.810. The molecule has 0 amide bonds. The van der Waals surface area contributed by atoms with E-state index in [0.29, 0.717) is 0 Å². The number of likely N-dealkylation sites (tertiary alicyclic amines) is 1. The summed E-state index contributed by atoms with van der Waals surface area (Å²) < 4.78 is 4.94. The molecule has 166 valence electrons. The number of aliphatic imine (C=N–C) groups is 1. The van der Waals surface area contributed by atoms with E-state index in [9.17, 15) is 0 Å². The monoisotopic (exact) mass is 518 g/mol. The van der Waals surface area contributed by atoms with Gasteiger partial charge >= 0.3 is 0 Å². The van der Waals surface area contributed by atoms with Gasteiger partial charge in [0.25, 0.3) is 0 Å². The number of hydrogen-bond donors (Lipinski definition) is 1. The van der Waals surface area contributed by atoms with E-state index in [4.69, 9.17) is 9.52 Å². The van der Waals surface area contributed by atoms with Gasteiger partial charge in [-0.2, -0.15) is 0 Å². The van der Waals surface area contributed by atoms with Gasteiger partial charge in [0.05, 0.1) is 5.69 Å². The molecular weight excluding hydrogens is 479 g/mol. The highest BCUT2D eigenvalue weighted by atomic mass is 127. The summed E-state index contributed by atoms with van der Waals surface area (Å²) in [7, 11) is 0. The van der Waals surface area contributed by atoms with Crippen molar-refractivity contribution < 1.29 is 4.52 Å². The van der Waals surface area contributed by atoms with Gasteiger partial charge in [-0.15, -0.1) is 24.0 Å². The molecule has 1 N–H and O–H groups in total. The minimum Gasteiger partial charge on any atom is -0.364 e. The molecule has 0 unspecified atom stereocenters. The molecule has 0 aliphatic carbocycles. The number of rotatable bonds is 9. The quantitative estimate of drug-likeness (QED) is 0.235.